The van der Waals surface area contributed by atoms with Gasteiger partial charge in [-0.15, -0.1) is 0 Å². The van der Waals surface area contributed by atoms with Gasteiger partial charge in [-0.2, -0.15) is 0 Å². The second kappa shape index (κ2) is 3.89. The Hall–Kier alpha value is -1.38. The van der Waals surface area contributed by atoms with E-state index in [0.717, 1.165) is 18.4 Å². The van der Waals surface area contributed by atoms with Gasteiger partial charge in [-0.05, 0) is 29.9 Å². The zero-order valence-electron chi connectivity index (χ0n) is 10.1. The molecule has 3 heteroatoms. The summed E-state index contributed by atoms with van der Waals surface area (Å²) in [5.74, 6) is -0.0528. The molecule has 0 bridgehead atoms. The van der Waals surface area contributed by atoms with E-state index >= 15 is 0 Å². The molecule has 0 radical (unpaired) electrons. The molecule has 0 spiro atoms. The lowest BCUT2D eigenvalue weighted by Gasteiger charge is -2.18. The SMILES string of the molecule is CC(C)(C)c1ccc(C(=O)NC2CC2)nc1. The molecule has 0 aromatic carbocycles. The number of carbonyl (C=O) groups is 1. The summed E-state index contributed by atoms with van der Waals surface area (Å²) in [6, 6.07) is 4.17. The molecular weight excluding hydrogens is 200 g/mol. The van der Waals surface area contributed by atoms with E-state index < -0.39 is 0 Å². The van der Waals surface area contributed by atoms with Crippen molar-refractivity contribution >= 4 is 5.91 Å². The molecule has 1 aromatic rings. The minimum absolute atomic E-state index is 0.0528. The average Bonchev–Trinajstić information content (AvgIpc) is 3.00. The van der Waals surface area contributed by atoms with Gasteiger partial charge < -0.3 is 5.32 Å². The lowest BCUT2D eigenvalue weighted by molar-refractivity contribution is 0.0946. The Labute approximate surface area is 96.3 Å². The van der Waals surface area contributed by atoms with Crippen molar-refractivity contribution in [2.24, 2.45) is 0 Å². The largest absolute Gasteiger partial charge is 0.348 e. The predicted molar refractivity (Wildman–Crippen MR) is 63.4 cm³/mol. The van der Waals surface area contributed by atoms with Crippen molar-refractivity contribution in [1.29, 1.82) is 0 Å². The van der Waals surface area contributed by atoms with Crippen molar-refractivity contribution in [3.8, 4) is 0 Å². The first-order valence-corrected chi connectivity index (χ1v) is 5.74. The third kappa shape index (κ3) is 2.60. The lowest BCUT2D eigenvalue weighted by Crippen LogP contribution is -2.26. The van der Waals surface area contributed by atoms with E-state index in [9.17, 15) is 4.79 Å². The maximum Gasteiger partial charge on any atom is 0.270 e. The molecule has 1 saturated carbocycles. The summed E-state index contributed by atoms with van der Waals surface area (Å²) in [5, 5.41) is 2.93. The Bertz CT molecular complexity index is 385. The number of hydrogen-bond acceptors (Lipinski definition) is 2. The monoisotopic (exact) mass is 218 g/mol. The topological polar surface area (TPSA) is 42.0 Å². The molecule has 1 heterocycles. The van der Waals surface area contributed by atoms with Crippen LogP contribution in [0.25, 0.3) is 0 Å². The molecule has 16 heavy (non-hydrogen) atoms. The van der Waals surface area contributed by atoms with Gasteiger partial charge in [-0.25, -0.2) is 0 Å². The van der Waals surface area contributed by atoms with Gasteiger partial charge in [0.05, 0.1) is 0 Å². The van der Waals surface area contributed by atoms with Crippen LogP contribution in [-0.4, -0.2) is 16.9 Å². The normalized spacial score (nSPS) is 15.9. The Morgan fingerprint density at radius 3 is 2.50 bits per heavy atom. The van der Waals surface area contributed by atoms with E-state index in [-0.39, 0.29) is 11.3 Å². The minimum Gasteiger partial charge on any atom is -0.348 e. The third-order valence-corrected chi connectivity index (χ3v) is 2.77. The van der Waals surface area contributed by atoms with Gasteiger partial charge in [-0.3, -0.25) is 9.78 Å². The summed E-state index contributed by atoms with van der Waals surface area (Å²) in [7, 11) is 0. The minimum atomic E-state index is -0.0528. The highest BCUT2D eigenvalue weighted by Gasteiger charge is 2.24. The molecule has 0 unspecified atom stereocenters. The van der Waals surface area contributed by atoms with Gasteiger partial charge in [0.2, 0.25) is 0 Å². The standard InChI is InChI=1S/C13H18N2O/c1-13(2,3)9-4-7-11(14-8-9)12(16)15-10-5-6-10/h4,7-8,10H,5-6H2,1-3H3,(H,15,16). The first-order chi connectivity index (χ1) is 7.47. The fraction of sp³-hybridized carbons (Fsp3) is 0.538. The van der Waals surface area contributed by atoms with E-state index in [1.807, 2.05) is 6.07 Å². The molecule has 1 aliphatic rings. The molecule has 1 amide bonds. The first-order valence-electron chi connectivity index (χ1n) is 5.74. The van der Waals surface area contributed by atoms with Gasteiger partial charge in [0, 0.05) is 12.2 Å². The maximum absolute atomic E-state index is 11.7. The van der Waals surface area contributed by atoms with Crippen molar-refractivity contribution in [3.63, 3.8) is 0 Å². The molecule has 1 fully saturated rings. The summed E-state index contributed by atoms with van der Waals surface area (Å²) < 4.78 is 0. The zero-order valence-corrected chi connectivity index (χ0v) is 10.1. The van der Waals surface area contributed by atoms with Gasteiger partial charge in [-0.1, -0.05) is 26.8 Å². The zero-order chi connectivity index (χ0) is 11.8. The van der Waals surface area contributed by atoms with E-state index in [4.69, 9.17) is 0 Å². The molecule has 86 valence electrons. The van der Waals surface area contributed by atoms with E-state index in [1.54, 1.807) is 12.3 Å². The number of nitrogens with one attached hydrogen (secondary N) is 1. The molecule has 0 saturated heterocycles. The molecule has 1 aromatic heterocycles. The van der Waals surface area contributed by atoms with Crippen LogP contribution in [0.2, 0.25) is 0 Å². The second-order valence-corrected chi connectivity index (χ2v) is 5.43. The fourth-order valence-electron chi connectivity index (χ4n) is 1.46. The van der Waals surface area contributed by atoms with Crippen LogP contribution >= 0.6 is 0 Å². The molecule has 1 N–H and O–H groups in total. The van der Waals surface area contributed by atoms with Crippen molar-refractivity contribution in [3.05, 3.63) is 29.6 Å². The summed E-state index contributed by atoms with van der Waals surface area (Å²) in [6.07, 6.45) is 4.00. The summed E-state index contributed by atoms with van der Waals surface area (Å²) in [4.78, 5) is 15.9. The lowest BCUT2D eigenvalue weighted by atomic mass is 9.88. The first kappa shape index (κ1) is 11.1. The highest BCUT2D eigenvalue weighted by molar-refractivity contribution is 5.92. The van der Waals surface area contributed by atoms with E-state index in [1.165, 1.54) is 0 Å². The molecule has 1 aliphatic carbocycles. The van der Waals surface area contributed by atoms with Gasteiger partial charge in [0.1, 0.15) is 5.69 Å². The fourth-order valence-corrected chi connectivity index (χ4v) is 1.46. The number of amides is 1. The van der Waals surface area contributed by atoms with Crippen LogP contribution in [0.15, 0.2) is 18.3 Å². The highest BCUT2D eigenvalue weighted by Crippen LogP contribution is 2.22. The van der Waals surface area contributed by atoms with Crippen LogP contribution in [0.5, 0.6) is 0 Å². The molecule has 0 aliphatic heterocycles. The summed E-state index contributed by atoms with van der Waals surface area (Å²) in [5.41, 5.74) is 1.74. The van der Waals surface area contributed by atoms with Gasteiger partial charge in [0.15, 0.2) is 0 Å². The van der Waals surface area contributed by atoms with Crippen molar-refractivity contribution in [1.82, 2.24) is 10.3 Å². The van der Waals surface area contributed by atoms with Crippen LogP contribution in [0, 0.1) is 0 Å². The van der Waals surface area contributed by atoms with Crippen LogP contribution in [0.4, 0.5) is 0 Å². The Morgan fingerprint density at radius 1 is 1.38 bits per heavy atom. The molecular formula is C13H18N2O. The Morgan fingerprint density at radius 2 is 2.06 bits per heavy atom. The Kier molecular flexibility index (Phi) is 2.70. The quantitative estimate of drug-likeness (QED) is 0.827. The number of aromatic nitrogens is 1. The third-order valence-electron chi connectivity index (χ3n) is 2.77. The summed E-state index contributed by atoms with van der Waals surface area (Å²) in [6.45, 7) is 6.40. The second-order valence-electron chi connectivity index (χ2n) is 5.43. The van der Waals surface area contributed by atoms with Crippen molar-refractivity contribution < 1.29 is 4.79 Å². The van der Waals surface area contributed by atoms with Crippen molar-refractivity contribution in [2.45, 2.75) is 45.1 Å². The van der Waals surface area contributed by atoms with Crippen LogP contribution in [-0.2, 0) is 5.41 Å². The van der Waals surface area contributed by atoms with Gasteiger partial charge in [0.25, 0.3) is 5.91 Å². The number of hydrogen-bond donors (Lipinski definition) is 1. The average molecular weight is 218 g/mol. The van der Waals surface area contributed by atoms with E-state index in [2.05, 4.69) is 31.1 Å². The van der Waals surface area contributed by atoms with E-state index in [0.29, 0.717) is 11.7 Å². The predicted octanol–water partition coefficient (Wildman–Crippen LogP) is 2.27. The van der Waals surface area contributed by atoms with Crippen LogP contribution in [0.1, 0.15) is 49.7 Å². The number of rotatable bonds is 2. The Balaban J connectivity index is 2.09. The highest BCUT2D eigenvalue weighted by atomic mass is 16.2. The molecule has 2 rings (SSSR count). The van der Waals surface area contributed by atoms with Crippen molar-refractivity contribution in [2.75, 3.05) is 0 Å². The molecule has 0 atom stereocenters. The molecule has 3 nitrogen and oxygen atoms in total. The summed E-state index contributed by atoms with van der Waals surface area (Å²) >= 11 is 0. The van der Waals surface area contributed by atoms with Gasteiger partial charge >= 0.3 is 0 Å². The maximum atomic E-state index is 11.7. The van der Waals surface area contributed by atoms with Crippen LogP contribution in [0.3, 0.4) is 0 Å². The smallest absolute Gasteiger partial charge is 0.270 e. The number of nitrogens with zero attached hydrogens (tertiary/aromatic N) is 1. The van der Waals surface area contributed by atoms with Crippen LogP contribution < -0.4 is 5.32 Å². The number of pyridine rings is 1. The number of carbonyl (C=O) groups excluding carboxylic acids is 1.